The Kier molecular flexibility index (Phi) is 2.00. The molecule has 0 amide bonds. The Labute approximate surface area is 75.8 Å². The van der Waals surface area contributed by atoms with Crippen LogP contribution in [0, 0.1) is 0 Å². The molecule has 0 saturated heterocycles. The van der Waals surface area contributed by atoms with Gasteiger partial charge in [0.2, 0.25) is 0 Å². The molecule has 1 nitrogen and oxygen atoms in total. The third-order valence-corrected chi connectivity index (χ3v) is 2.46. The van der Waals surface area contributed by atoms with E-state index in [1.165, 1.54) is 10.8 Å². The van der Waals surface area contributed by atoms with Gasteiger partial charge in [0.05, 0.1) is 5.03 Å². The number of benzene rings is 1. The number of thioether (sulfide) groups is 1. The summed E-state index contributed by atoms with van der Waals surface area (Å²) < 4.78 is 0. The monoisotopic (exact) mass is 175 g/mol. The van der Waals surface area contributed by atoms with Crippen LogP contribution in [-0.4, -0.2) is 11.2 Å². The Morgan fingerprint density at radius 1 is 1.17 bits per heavy atom. The molecule has 1 heterocycles. The van der Waals surface area contributed by atoms with Gasteiger partial charge >= 0.3 is 0 Å². The van der Waals surface area contributed by atoms with Gasteiger partial charge in [0.1, 0.15) is 0 Å². The van der Waals surface area contributed by atoms with Crippen LogP contribution in [0.25, 0.3) is 10.8 Å². The number of aromatic nitrogens is 1. The molecule has 0 aliphatic rings. The first kappa shape index (κ1) is 7.62. The average Bonchev–Trinajstić information content (AvgIpc) is 2.17. The van der Waals surface area contributed by atoms with Crippen LogP contribution in [0.4, 0.5) is 0 Å². The van der Waals surface area contributed by atoms with Gasteiger partial charge in [-0.25, -0.2) is 4.98 Å². The van der Waals surface area contributed by atoms with Crippen LogP contribution in [-0.2, 0) is 0 Å². The van der Waals surface area contributed by atoms with Crippen LogP contribution in [0.5, 0.6) is 0 Å². The molecule has 2 heteroatoms. The van der Waals surface area contributed by atoms with Gasteiger partial charge in [0.25, 0.3) is 0 Å². The number of hydrogen-bond acceptors (Lipinski definition) is 2. The highest BCUT2D eigenvalue weighted by Gasteiger charge is 1.94. The third-order valence-electron chi connectivity index (χ3n) is 1.82. The number of hydrogen-bond donors (Lipinski definition) is 0. The fraction of sp³-hybridized carbons (Fsp3) is 0.100. The average molecular weight is 175 g/mol. The molecule has 0 unspecified atom stereocenters. The van der Waals surface area contributed by atoms with Crippen molar-refractivity contribution < 1.29 is 0 Å². The molecule has 0 aliphatic carbocycles. The Bertz CT molecular complexity index is 398. The summed E-state index contributed by atoms with van der Waals surface area (Å²) in [5.74, 6) is 0. The van der Waals surface area contributed by atoms with Crippen molar-refractivity contribution in [2.24, 2.45) is 0 Å². The lowest BCUT2D eigenvalue weighted by Crippen LogP contribution is -1.78. The summed E-state index contributed by atoms with van der Waals surface area (Å²) in [5, 5.41) is 3.54. The van der Waals surface area contributed by atoms with E-state index in [4.69, 9.17) is 0 Å². The Morgan fingerprint density at radius 2 is 1.92 bits per heavy atom. The van der Waals surface area contributed by atoms with E-state index in [0.717, 1.165) is 5.03 Å². The maximum absolute atomic E-state index is 4.29. The van der Waals surface area contributed by atoms with Gasteiger partial charge < -0.3 is 0 Å². The molecular formula is C10H9NS. The summed E-state index contributed by atoms with van der Waals surface area (Å²) >= 11 is 1.67. The van der Waals surface area contributed by atoms with Gasteiger partial charge in [-0.3, -0.25) is 0 Å². The smallest absolute Gasteiger partial charge is 0.0963 e. The lowest BCUT2D eigenvalue weighted by Gasteiger charge is -1.98. The van der Waals surface area contributed by atoms with Crippen molar-refractivity contribution >= 4 is 22.5 Å². The number of rotatable bonds is 1. The second kappa shape index (κ2) is 3.15. The fourth-order valence-electron chi connectivity index (χ4n) is 1.17. The van der Waals surface area contributed by atoms with E-state index < -0.39 is 0 Å². The molecule has 0 aliphatic heterocycles. The zero-order valence-electron chi connectivity index (χ0n) is 6.82. The molecule has 0 atom stereocenters. The zero-order valence-corrected chi connectivity index (χ0v) is 7.64. The topological polar surface area (TPSA) is 12.9 Å². The summed E-state index contributed by atoms with van der Waals surface area (Å²) in [6.07, 6.45) is 3.96. The van der Waals surface area contributed by atoms with Crippen molar-refractivity contribution in [3.8, 4) is 0 Å². The normalized spacial score (nSPS) is 10.4. The number of nitrogens with zero attached hydrogens (tertiary/aromatic N) is 1. The first-order valence-corrected chi connectivity index (χ1v) is 5.01. The molecule has 0 radical (unpaired) electrons. The number of pyridine rings is 1. The highest BCUT2D eigenvalue weighted by atomic mass is 32.2. The standard InChI is InChI=1S/C10H9NS/c1-12-10-6-8-4-2-3-5-9(8)7-11-10/h2-7H,1H3. The second-order valence-corrected chi connectivity index (χ2v) is 3.40. The molecule has 2 aromatic rings. The van der Waals surface area contributed by atoms with Crippen LogP contribution < -0.4 is 0 Å². The predicted octanol–water partition coefficient (Wildman–Crippen LogP) is 2.96. The van der Waals surface area contributed by atoms with Crippen LogP contribution in [0.3, 0.4) is 0 Å². The molecule has 2 rings (SSSR count). The SMILES string of the molecule is CSc1cc2ccccc2cn1. The van der Waals surface area contributed by atoms with Crippen molar-refractivity contribution in [3.05, 3.63) is 36.5 Å². The molecule has 0 fully saturated rings. The molecule has 60 valence electrons. The van der Waals surface area contributed by atoms with E-state index in [0.29, 0.717) is 0 Å². The lowest BCUT2D eigenvalue weighted by molar-refractivity contribution is 1.16. The van der Waals surface area contributed by atoms with Crippen molar-refractivity contribution in [1.82, 2.24) is 4.98 Å². The Hall–Kier alpha value is -1.02. The maximum Gasteiger partial charge on any atom is 0.0963 e. The van der Waals surface area contributed by atoms with Gasteiger partial charge in [0.15, 0.2) is 0 Å². The van der Waals surface area contributed by atoms with E-state index in [-0.39, 0.29) is 0 Å². The van der Waals surface area contributed by atoms with E-state index >= 15 is 0 Å². The minimum absolute atomic E-state index is 1.08. The molecule has 1 aromatic carbocycles. The highest BCUT2D eigenvalue weighted by Crippen LogP contribution is 2.18. The zero-order chi connectivity index (χ0) is 8.39. The fourth-order valence-corrected chi connectivity index (χ4v) is 1.58. The second-order valence-electron chi connectivity index (χ2n) is 2.57. The summed E-state index contributed by atoms with van der Waals surface area (Å²) in [6.45, 7) is 0. The maximum atomic E-state index is 4.29. The molecule has 0 bridgehead atoms. The number of fused-ring (bicyclic) bond motifs is 1. The van der Waals surface area contributed by atoms with Crippen LogP contribution in [0.15, 0.2) is 41.6 Å². The van der Waals surface area contributed by atoms with E-state index in [1.54, 1.807) is 11.8 Å². The quantitative estimate of drug-likeness (QED) is 0.618. The van der Waals surface area contributed by atoms with Crippen LogP contribution >= 0.6 is 11.8 Å². The minimum atomic E-state index is 1.08. The molecule has 0 spiro atoms. The minimum Gasteiger partial charge on any atom is -0.249 e. The van der Waals surface area contributed by atoms with Gasteiger partial charge in [-0.1, -0.05) is 24.3 Å². The molecule has 12 heavy (non-hydrogen) atoms. The molecule has 1 aromatic heterocycles. The lowest BCUT2D eigenvalue weighted by atomic mass is 10.2. The first-order chi connectivity index (χ1) is 5.90. The third kappa shape index (κ3) is 1.30. The predicted molar refractivity (Wildman–Crippen MR) is 53.5 cm³/mol. The summed E-state index contributed by atoms with van der Waals surface area (Å²) in [6, 6.07) is 10.4. The Balaban J connectivity index is 2.67. The van der Waals surface area contributed by atoms with Crippen molar-refractivity contribution in [2.75, 3.05) is 6.26 Å². The Morgan fingerprint density at radius 3 is 2.67 bits per heavy atom. The van der Waals surface area contributed by atoms with Gasteiger partial charge in [-0.05, 0) is 17.7 Å². The van der Waals surface area contributed by atoms with Crippen molar-refractivity contribution in [2.45, 2.75) is 5.03 Å². The van der Waals surface area contributed by atoms with Gasteiger partial charge in [-0.2, -0.15) is 0 Å². The van der Waals surface area contributed by atoms with E-state index in [2.05, 4.69) is 23.2 Å². The summed E-state index contributed by atoms with van der Waals surface area (Å²) in [7, 11) is 0. The summed E-state index contributed by atoms with van der Waals surface area (Å²) in [4.78, 5) is 4.29. The van der Waals surface area contributed by atoms with Gasteiger partial charge in [0, 0.05) is 11.6 Å². The molecule has 0 saturated carbocycles. The van der Waals surface area contributed by atoms with E-state index in [9.17, 15) is 0 Å². The van der Waals surface area contributed by atoms with Crippen LogP contribution in [0.2, 0.25) is 0 Å². The van der Waals surface area contributed by atoms with Crippen molar-refractivity contribution in [3.63, 3.8) is 0 Å². The molecule has 0 N–H and O–H groups in total. The van der Waals surface area contributed by atoms with Gasteiger partial charge in [-0.15, -0.1) is 11.8 Å². The van der Waals surface area contributed by atoms with E-state index in [1.807, 2.05) is 24.6 Å². The summed E-state index contributed by atoms with van der Waals surface area (Å²) in [5.41, 5.74) is 0. The van der Waals surface area contributed by atoms with Crippen LogP contribution in [0.1, 0.15) is 0 Å². The largest absolute Gasteiger partial charge is 0.249 e. The first-order valence-electron chi connectivity index (χ1n) is 3.79. The molecular weight excluding hydrogens is 166 g/mol. The van der Waals surface area contributed by atoms with Crippen molar-refractivity contribution in [1.29, 1.82) is 0 Å². The highest BCUT2D eigenvalue weighted by molar-refractivity contribution is 7.98.